The fraction of sp³-hybridized carbons (Fsp3) is 0.400. The van der Waals surface area contributed by atoms with Crippen LogP contribution in [-0.4, -0.2) is 19.3 Å². The molecule has 0 fully saturated rings. The lowest BCUT2D eigenvalue weighted by Crippen LogP contribution is -1.96. The molecule has 5 heteroatoms. The lowest BCUT2D eigenvalue weighted by atomic mass is 10.1. The van der Waals surface area contributed by atoms with Crippen molar-refractivity contribution in [3.8, 4) is 11.5 Å². The van der Waals surface area contributed by atoms with E-state index in [1.54, 1.807) is 13.0 Å². The predicted octanol–water partition coefficient (Wildman–Crippen LogP) is 2.16. The first kappa shape index (κ1) is 11.5. The zero-order valence-corrected chi connectivity index (χ0v) is 8.85. The average Bonchev–Trinajstić information content (AvgIpc) is 2.26. The zero-order valence-electron chi connectivity index (χ0n) is 8.85. The Kier molecular flexibility index (Phi) is 3.62. The Morgan fingerprint density at radius 2 is 1.80 bits per heavy atom. The van der Waals surface area contributed by atoms with Crippen molar-refractivity contribution >= 4 is 5.69 Å². The molecule has 1 unspecified atom stereocenters. The van der Waals surface area contributed by atoms with Crippen molar-refractivity contribution in [2.45, 2.75) is 13.0 Å². The summed E-state index contributed by atoms with van der Waals surface area (Å²) in [7, 11) is 2.95. The second-order valence-electron chi connectivity index (χ2n) is 3.03. The van der Waals surface area contributed by atoms with Gasteiger partial charge in [-0.25, -0.2) is 0 Å². The van der Waals surface area contributed by atoms with Crippen LogP contribution in [0, 0.1) is 4.91 Å². The van der Waals surface area contributed by atoms with Gasteiger partial charge in [0.05, 0.1) is 20.3 Å². The maximum Gasteiger partial charge on any atom is 0.163 e. The molecule has 5 nitrogen and oxygen atoms in total. The normalized spacial score (nSPS) is 12.0. The molecule has 82 valence electrons. The molecule has 0 aliphatic carbocycles. The van der Waals surface area contributed by atoms with Crippen molar-refractivity contribution in [1.82, 2.24) is 0 Å². The van der Waals surface area contributed by atoms with E-state index in [2.05, 4.69) is 5.18 Å². The predicted molar refractivity (Wildman–Crippen MR) is 55.6 cm³/mol. The molecular weight excluding hydrogens is 198 g/mol. The summed E-state index contributed by atoms with van der Waals surface area (Å²) in [5.41, 5.74) is 0.574. The van der Waals surface area contributed by atoms with E-state index in [4.69, 9.17) is 9.47 Å². The third-order valence-corrected chi connectivity index (χ3v) is 2.08. The van der Waals surface area contributed by atoms with Crippen LogP contribution in [0.1, 0.15) is 18.6 Å². The van der Waals surface area contributed by atoms with Gasteiger partial charge in [0, 0.05) is 11.6 Å². The van der Waals surface area contributed by atoms with Crippen LogP contribution in [0.2, 0.25) is 0 Å². The summed E-state index contributed by atoms with van der Waals surface area (Å²) in [6, 6.07) is 2.98. The van der Waals surface area contributed by atoms with E-state index in [1.165, 1.54) is 20.3 Å². The van der Waals surface area contributed by atoms with Crippen LogP contribution < -0.4 is 9.47 Å². The van der Waals surface area contributed by atoms with E-state index < -0.39 is 6.10 Å². The zero-order chi connectivity index (χ0) is 11.4. The molecule has 15 heavy (non-hydrogen) atoms. The van der Waals surface area contributed by atoms with Gasteiger partial charge < -0.3 is 14.6 Å². The van der Waals surface area contributed by atoms with Gasteiger partial charge in [-0.05, 0) is 18.2 Å². The Labute approximate surface area is 87.6 Å². The summed E-state index contributed by atoms with van der Waals surface area (Å²) >= 11 is 0. The maximum atomic E-state index is 10.5. The van der Waals surface area contributed by atoms with Crippen molar-refractivity contribution in [2.75, 3.05) is 14.2 Å². The Hall–Kier alpha value is -1.62. The van der Waals surface area contributed by atoms with Crippen LogP contribution in [0.4, 0.5) is 5.69 Å². The largest absolute Gasteiger partial charge is 0.493 e. The molecule has 0 saturated heterocycles. The third-order valence-electron chi connectivity index (χ3n) is 2.08. The minimum Gasteiger partial charge on any atom is -0.493 e. The molecule has 0 aromatic heterocycles. The number of nitroso groups, excluding NO2 is 1. The smallest absolute Gasteiger partial charge is 0.163 e. The molecule has 1 aromatic rings. The molecule has 0 aliphatic rings. The maximum absolute atomic E-state index is 10.5. The van der Waals surface area contributed by atoms with Gasteiger partial charge in [-0.3, -0.25) is 0 Å². The van der Waals surface area contributed by atoms with Crippen LogP contribution >= 0.6 is 0 Å². The number of hydrogen-bond donors (Lipinski definition) is 1. The summed E-state index contributed by atoms with van der Waals surface area (Å²) in [5, 5.41) is 12.3. The molecule has 1 aromatic carbocycles. The summed E-state index contributed by atoms with van der Waals surface area (Å²) in [4.78, 5) is 10.5. The highest BCUT2D eigenvalue weighted by atomic mass is 16.5. The molecule has 0 radical (unpaired) electrons. The second-order valence-corrected chi connectivity index (χ2v) is 3.03. The Morgan fingerprint density at radius 3 is 2.20 bits per heavy atom. The number of rotatable bonds is 4. The molecule has 1 atom stereocenters. The van der Waals surface area contributed by atoms with Gasteiger partial charge in [-0.1, -0.05) is 0 Å². The van der Waals surface area contributed by atoms with E-state index in [1.807, 2.05) is 0 Å². The number of aliphatic hydroxyl groups is 1. The summed E-state index contributed by atoms with van der Waals surface area (Å²) < 4.78 is 10.1. The SMILES string of the molecule is COc1cc(N=O)c(C(C)O)cc1OC. The summed E-state index contributed by atoms with van der Waals surface area (Å²) in [5.74, 6) is 0.873. The topological polar surface area (TPSA) is 68.1 Å². The fourth-order valence-electron chi connectivity index (χ4n) is 1.30. The monoisotopic (exact) mass is 211 g/mol. The van der Waals surface area contributed by atoms with E-state index in [9.17, 15) is 10.0 Å². The third kappa shape index (κ3) is 2.24. The van der Waals surface area contributed by atoms with Crippen molar-refractivity contribution in [3.05, 3.63) is 22.6 Å². The molecule has 1 N–H and O–H groups in total. The number of hydrogen-bond acceptors (Lipinski definition) is 5. The fourth-order valence-corrected chi connectivity index (χ4v) is 1.30. The molecule has 0 spiro atoms. The van der Waals surface area contributed by atoms with Crippen LogP contribution in [0.25, 0.3) is 0 Å². The van der Waals surface area contributed by atoms with Gasteiger partial charge in [0.2, 0.25) is 0 Å². The lowest BCUT2D eigenvalue weighted by molar-refractivity contribution is 0.199. The number of nitrogens with zero attached hydrogens (tertiary/aromatic N) is 1. The standard InChI is InChI=1S/C10H13NO4/c1-6(12)7-4-9(14-2)10(15-3)5-8(7)11-13/h4-6,12H,1-3H3. The molecule has 1 rings (SSSR count). The van der Waals surface area contributed by atoms with Gasteiger partial charge in [0.15, 0.2) is 11.5 Å². The number of aliphatic hydroxyl groups excluding tert-OH is 1. The minimum atomic E-state index is -0.780. The molecule has 0 bridgehead atoms. The van der Waals surface area contributed by atoms with Gasteiger partial charge >= 0.3 is 0 Å². The first-order chi connectivity index (χ1) is 7.13. The highest BCUT2D eigenvalue weighted by molar-refractivity contribution is 5.58. The summed E-state index contributed by atoms with van der Waals surface area (Å²) in [6.45, 7) is 1.55. The van der Waals surface area contributed by atoms with Crippen molar-refractivity contribution in [1.29, 1.82) is 0 Å². The Morgan fingerprint density at radius 1 is 1.27 bits per heavy atom. The highest BCUT2D eigenvalue weighted by Gasteiger charge is 2.14. The van der Waals surface area contributed by atoms with E-state index in [-0.39, 0.29) is 5.69 Å². The van der Waals surface area contributed by atoms with E-state index in [0.29, 0.717) is 17.1 Å². The second kappa shape index (κ2) is 4.75. The van der Waals surface area contributed by atoms with Crippen molar-refractivity contribution < 1.29 is 14.6 Å². The molecular formula is C10H13NO4. The molecule has 0 saturated carbocycles. The molecule has 0 heterocycles. The lowest BCUT2D eigenvalue weighted by Gasteiger charge is -2.12. The first-order valence-electron chi connectivity index (χ1n) is 4.41. The van der Waals surface area contributed by atoms with Crippen LogP contribution in [0.5, 0.6) is 11.5 Å². The Balaban J connectivity index is 3.34. The van der Waals surface area contributed by atoms with Crippen LogP contribution in [0.15, 0.2) is 17.3 Å². The van der Waals surface area contributed by atoms with Crippen molar-refractivity contribution in [2.24, 2.45) is 5.18 Å². The Bertz CT molecular complexity index is 363. The quantitative estimate of drug-likeness (QED) is 0.775. The van der Waals surface area contributed by atoms with Gasteiger partial charge in [-0.15, -0.1) is 4.91 Å². The number of ether oxygens (including phenoxy) is 2. The van der Waals surface area contributed by atoms with E-state index >= 15 is 0 Å². The van der Waals surface area contributed by atoms with Crippen LogP contribution in [-0.2, 0) is 0 Å². The van der Waals surface area contributed by atoms with Gasteiger partial charge in [0.25, 0.3) is 0 Å². The van der Waals surface area contributed by atoms with Gasteiger partial charge in [-0.2, -0.15) is 0 Å². The molecule has 0 amide bonds. The minimum absolute atomic E-state index is 0.155. The number of benzene rings is 1. The van der Waals surface area contributed by atoms with E-state index in [0.717, 1.165) is 0 Å². The van der Waals surface area contributed by atoms with Gasteiger partial charge in [0.1, 0.15) is 5.69 Å². The van der Waals surface area contributed by atoms with Crippen molar-refractivity contribution in [3.63, 3.8) is 0 Å². The van der Waals surface area contributed by atoms with Crippen LogP contribution in [0.3, 0.4) is 0 Å². The summed E-state index contributed by atoms with van der Waals surface area (Å²) in [6.07, 6.45) is -0.780. The average molecular weight is 211 g/mol. The highest BCUT2D eigenvalue weighted by Crippen LogP contribution is 2.37. The number of methoxy groups -OCH3 is 2. The first-order valence-corrected chi connectivity index (χ1v) is 4.41. The molecule has 0 aliphatic heterocycles.